The van der Waals surface area contributed by atoms with Gasteiger partial charge < -0.3 is 19.7 Å². The summed E-state index contributed by atoms with van der Waals surface area (Å²) < 4.78 is 11.2. The van der Waals surface area contributed by atoms with E-state index in [1.165, 1.54) is 5.56 Å². The number of benzene rings is 3. The lowest BCUT2D eigenvalue weighted by molar-refractivity contribution is 0.0864. The van der Waals surface area contributed by atoms with E-state index in [9.17, 15) is 4.79 Å². The van der Waals surface area contributed by atoms with Gasteiger partial charge in [-0.1, -0.05) is 60.7 Å². The summed E-state index contributed by atoms with van der Waals surface area (Å²) in [5.41, 5.74) is 4.35. The maximum atomic E-state index is 13.1. The van der Waals surface area contributed by atoms with Crippen LogP contribution in [0.15, 0.2) is 78.9 Å². The summed E-state index contributed by atoms with van der Waals surface area (Å²) in [5.74, 6) is 1.05. The Hall–Kier alpha value is -3.47. The molecule has 0 spiro atoms. The van der Waals surface area contributed by atoms with Crippen molar-refractivity contribution in [2.45, 2.75) is 25.1 Å². The van der Waals surface area contributed by atoms with Gasteiger partial charge in [-0.2, -0.15) is 0 Å². The minimum atomic E-state index is -0.265. The zero-order valence-electron chi connectivity index (χ0n) is 17.5. The summed E-state index contributed by atoms with van der Waals surface area (Å²) in [6, 6.07) is 26.4. The Morgan fingerprint density at radius 1 is 1.03 bits per heavy atom. The van der Waals surface area contributed by atoms with E-state index in [0.717, 1.165) is 29.0 Å². The molecule has 0 aromatic heterocycles. The molecule has 3 atom stereocenters. The first-order chi connectivity index (χ1) is 15.2. The van der Waals surface area contributed by atoms with Gasteiger partial charge in [0.15, 0.2) is 0 Å². The maximum Gasteiger partial charge on any atom is 0.410 e. The number of anilines is 1. The minimum Gasteiger partial charge on any atom is -0.497 e. The van der Waals surface area contributed by atoms with E-state index in [-0.39, 0.29) is 30.7 Å². The van der Waals surface area contributed by atoms with Crippen molar-refractivity contribution in [3.05, 3.63) is 95.6 Å². The van der Waals surface area contributed by atoms with Gasteiger partial charge in [-0.3, -0.25) is 0 Å². The SMILES string of the molecule is COc1ccc2c(c1)[C@@H]1[C@@H](CCN1C(=O)OCc1ccccc1)[C@@H](c1ccccc1)N2. The molecule has 5 heteroatoms. The van der Waals surface area contributed by atoms with Crippen LogP contribution in [0.5, 0.6) is 5.75 Å². The molecule has 31 heavy (non-hydrogen) atoms. The molecule has 3 aromatic carbocycles. The summed E-state index contributed by atoms with van der Waals surface area (Å²) in [6.07, 6.45) is 0.646. The van der Waals surface area contributed by atoms with Crippen molar-refractivity contribution in [3.8, 4) is 5.75 Å². The molecule has 3 aromatic rings. The van der Waals surface area contributed by atoms with Crippen molar-refractivity contribution >= 4 is 11.8 Å². The highest BCUT2D eigenvalue weighted by Gasteiger charge is 2.47. The molecular weight excluding hydrogens is 388 g/mol. The van der Waals surface area contributed by atoms with E-state index < -0.39 is 0 Å². The van der Waals surface area contributed by atoms with Crippen LogP contribution in [-0.4, -0.2) is 24.6 Å². The van der Waals surface area contributed by atoms with Crippen molar-refractivity contribution < 1.29 is 14.3 Å². The van der Waals surface area contributed by atoms with Gasteiger partial charge >= 0.3 is 6.09 Å². The number of likely N-dealkylation sites (tertiary alicyclic amines) is 1. The second-order valence-corrected chi connectivity index (χ2v) is 8.12. The number of nitrogens with zero attached hydrogens (tertiary/aromatic N) is 1. The molecule has 5 rings (SSSR count). The smallest absolute Gasteiger partial charge is 0.410 e. The quantitative estimate of drug-likeness (QED) is 0.607. The monoisotopic (exact) mass is 414 g/mol. The van der Waals surface area contributed by atoms with Gasteiger partial charge in [-0.25, -0.2) is 4.79 Å². The predicted molar refractivity (Wildman–Crippen MR) is 120 cm³/mol. The molecule has 1 saturated heterocycles. The molecule has 0 radical (unpaired) electrons. The van der Waals surface area contributed by atoms with E-state index in [1.807, 2.05) is 59.5 Å². The maximum absolute atomic E-state index is 13.1. The van der Waals surface area contributed by atoms with Crippen LogP contribution < -0.4 is 10.1 Å². The first-order valence-corrected chi connectivity index (χ1v) is 10.7. The Morgan fingerprint density at radius 2 is 1.77 bits per heavy atom. The number of fused-ring (bicyclic) bond motifs is 3. The van der Waals surface area contributed by atoms with Crippen LogP contribution in [0.1, 0.15) is 35.2 Å². The Labute approximate surface area is 182 Å². The van der Waals surface area contributed by atoms with Gasteiger partial charge in [0.05, 0.1) is 19.2 Å². The summed E-state index contributed by atoms with van der Waals surface area (Å²) >= 11 is 0. The number of ether oxygens (including phenoxy) is 2. The summed E-state index contributed by atoms with van der Waals surface area (Å²) in [5, 5.41) is 3.72. The zero-order valence-corrected chi connectivity index (χ0v) is 17.5. The fraction of sp³-hybridized carbons (Fsp3) is 0.269. The fourth-order valence-electron chi connectivity index (χ4n) is 4.88. The topological polar surface area (TPSA) is 50.8 Å². The molecule has 1 N–H and O–H groups in total. The highest BCUT2D eigenvalue weighted by Crippen LogP contribution is 2.52. The lowest BCUT2D eigenvalue weighted by atomic mass is 9.80. The number of hydrogen-bond acceptors (Lipinski definition) is 4. The van der Waals surface area contributed by atoms with Gasteiger partial charge in [0.25, 0.3) is 0 Å². The first kappa shape index (κ1) is 19.5. The molecule has 158 valence electrons. The molecule has 2 aliphatic heterocycles. The van der Waals surface area contributed by atoms with Gasteiger partial charge in [-0.15, -0.1) is 0 Å². The third-order valence-corrected chi connectivity index (χ3v) is 6.36. The molecule has 0 saturated carbocycles. The van der Waals surface area contributed by atoms with Gasteiger partial charge in [-0.05, 0) is 35.7 Å². The Morgan fingerprint density at radius 3 is 2.52 bits per heavy atom. The average molecular weight is 415 g/mol. The van der Waals surface area contributed by atoms with Crippen molar-refractivity contribution in [2.24, 2.45) is 5.92 Å². The van der Waals surface area contributed by atoms with Gasteiger partial charge in [0.1, 0.15) is 12.4 Å². The molecule has 0 bridgehead atoms. The average Bonchev–Trinajstić information content (AvgIpc) is 3.28. The van der Waals surface area contributed by atoms with Gasteiger partial charge in [0, 0.05) is 23.7 Å². The first-order valence-electron chi connectivity index (χ1n) is 10.7. The van der Waals surface area contributed by atoms with Crippen LogP contribution in [0, 0.1) is 5.92 Å². The number of methoxy groups -OCH3 is 1. The largest absolute Gasteiger partial charge is 0.497 e. The van der Waals surface area contributed by atoms with E-state index in [1.54, 1.807) is 7.11 Å². The lowest BCUT2D eigenvalue weighted by Gasteiger charge is -2.39. The lowest BCUT2D eigenvalue weighted by Crippen LogP contribution is -2.37. The number of hydrogen-bond donors (Lipinski definition) is 1. The Kier molecular flexibility index (Phi) is 5.24. The molecule has 0 aliphatic carbocycles. The number of rotatable bonds is 4. The molecule has 1 amide bonds. The Balaban J connectivity index is 1.46. The number of nitrogens with one attached hydrogen (secondary N) is 1. The third kappa shape index (κ3) is 3.72. The van der Waals surface area contributed by atoms with Crippen molar-refractivity contribution in [1.29, 1.82) is 0 Å². The summed E-state index contributed by atoms with van der Waals surface area (Å²) in [6.45, 7) is 0.948. The summed E-state index contributed by atoms with van der Waals surface area (Å²) in [4.78, 5) is 15.0. The standard InChI is InChI=1S/C26H26N2O3/c1-30-20-12-13-23-22(16-20)25-21(24(27-23)19-10-6-3-7-11-19)14-15-28(25)26(29)31-17-18-8-4-2-5-9-18/h2-13,16,21,24-25,27H,14-15,17H2,1H3/t21-,24+,25-/m0/s1. The molecule has 2 heterocycles. The van der Waals surface area contributed by atoms with E-state index in [0.29, 0.717) is 6.54 Å². The highest BCUT2D eigenvalue weighted by atomic mass is 16.6. The third-order valence-electron chi connectivity index (χ3n) is 6.36. The summed E-state index contributed by atoms with van der Waals surface area (Å²) in [7, 11) is 1.67. The van der Waals surface area contributed by atoms with Crippen LogP contribution >= 0.6 is 0 Å². The van der Waals surface area contributed by atoms with E-state index in [4.69, 9.17) is 9.47 Å². The molecule has 1 fully saturated rings. The molecule has 0 unspecified atom stereocenters. The van der Waals surface area contributed by atoms with Crippen molar-refractivity contribution in [1.82, 2.24) is 4.90 Å². The second kappa shape index (κ2) is 8.34. The highest BCUT2D eigenvalue weighted by molar-refractivity contribution is 5.71. The van der Waals surface area contributed by atoms with Crippen LogP contribution in [-0.2, 0) is 11.3 Å². The number of carbonyl (C=O) groups is 1. The van der Waals surface area contributed by atoms with Crippen LogP contribution in [0.2, 0.25) is 0 Å². The van der Waals surface area contributed by atoms with Crippen molar-refractivity contribution in [2.75, 3.05) is 19.0 Å². The minimum absolute atomic E-state index is 0.0557. The molecule has 5 nitrogen and oxygen atoms in total. The predicted octanol–water partition coefficient (Wildman–Crippen LogP) is 5.56. The Bertz CT molecular complexity index is 1050. The van der Waals surface area contributed by atoms with Crippen molar-refractivity contribution in [3.63, 3.8) is 0 Å². The zero-order chi connectivity index (χ0) is 21.2. The van der Waals surface area contributed by atoms with E-state index in [2.05, 4.69) is 29.6 Å². The normalized spacial score (nSPS) is 21.6. The van der Waals surface area contributed by atoms with Crippen LogP contribution in [0.3, 0.4) is 0 Å². The fourth-order valence-corrected chi connectivity index (χ4v) is 4.88. The number of carbonyl (C=O) groups excluding carboxylic acids is 1. The van der Waals surface area contributed by atoms with E-state index >= 15 is 0 Å². The molecular formula is C26H26N2O3. The van der Waals surface area contributed by atoms with Crippen LogP contribution in [0.4, 0.5) is 10.5 Å². The van der Waals surface area contributed by atoms with Gasteiger partial charge in [0.2, 0.25) is 0 Å². The number of amides is 1. The second-order valence-electron chi connectivity index (χ2n) is 8.12. The van der Waals surface area contributed by atoms with Crippen LogP contribution in [0.25, 0.3) is 0 Å². The molecule has 2 aliphatic rings.